The number of hydrogen-bond donors (Lipinski definition) is 0. The number of aryl methyl sites for hydroxylation is 1. The predicted octanol–water partition coefficient (Wildman–Crippen LogP) is 3.81. The number of alkyl halides is 3. The maximum absolute atomic E-state index is 13.4. The minimum absolute atomic E-state index is 0.0450. The van der Waals surface area contributed by atoms with Crippen molar-refractivity contribution < 1.29 is 27.2 Å². The van der Waals surface area contributed by atoms with Crippen molar-refractivity contribution in [1.29, 1.82) is 0 Å². The van der Waals surface area contributed by atoms with Gasteiger partial charge in [0.1, 0.15) is 22.2 Å². The first-order valence-corrected chi connectivity index (χ1v) is 10.1. The standard InChI is InChI=1S/C19H20F4N4O2S/c1-11-18(30-16(25-11)13-6-14(20)9-24-8-13)26(2)17(29)12-4-3-5-27(10-12)15(28)7-19(21,22)23/h6,8-9,12H,3-5,7,10H2,1-2H3. The first-order valence-electron chi connectivity index (χ1n) is 9.25. The summed E-state index contributed by atoms with van der Waals surface area (Å²) in [4.78, 5) is 35.6. The molecule has 1 aliphatic heterocycles. The summed E-state index contributed by atoms with van der Waals surface area (Å²) in [5.74, 6) is -2.41. The number of carbonyl (C=O) groups excluding carboxylic acids is 2. The Labute approximate surface area is 174 Å². The average molecular weight is 444 g/mol. The van der Waals surface area contributed by atoms with E-state index in [-0.39, 0.29) is 19.0 Å². The summed E-state index contributed by atoms with van der Waals surface area (Å²) >= 11 is 1.19. The second-order valence-electron chi connectivity index (χ2n) is 7.17. The van der Waals surface area contributed by atoms with Gasteiger partial charge >= 0.3 is 6.18 Å². The maximum Gasteiger partial charge on any atom is 0.397 e. The third-order valence-corrected chi connectivity index (χ3v) is 6.12. The zero-order chi connectivity index (χ0) is 22.1. The van der Waals surface area contributed by atoms with E-state index in [1.165, 1.54) is 28.5 Å². The van der Waals surface area contributed by atoms with Crippen molar-refractivity contribution in [2.75, 3.05) is 25.0 Å². The fourth-order valence-electron chi connectivity index (χ4n) is 3.41. The molecule has 0 N–H and O–H groups in total. The van der Waals surface area contributed by atoms with E-state index in [1.807, 2.05) is 0 Å². The summed E-state index contributed by atoms with van der Waals surface area (Å²) in [6, 6.07) is 1.29. The number of nitrogens with zero attached hydrogens (tertiary/aromatic N) is 4. The number of aromatic nitrogens is 2. The number of amides is 2. The van der Waals surface area contributed by atoms with Gasteiger partial charge in [-0.05, 0) is 25.8 Å². The van der Waals surface area contributed by atoms with Gasteiger partial charge < -0.3 is 9.80 Å². The second kappa shape index (κ2) is 8.66. The number of pyridine rings is 1. The molecule has 6 nitrogen and oxygen atoms in total. The molecule has 2 aromatic heterocycles. The molecule has 11 heteroatoms. The molecular weight excluding hydrogens is 424 g/mol. The lowest BCUT2D eigenvalue weighted by atomic mass is 9.96. The number of rotatable bonds is 4. The van der Waals surface area contributed by atoms with Gasteiger partial charge in [0, 0.05) is 31.9 Å². The summed E-state index contributed by atoms with van der Waals surface area (Å²) < 4.78 is 51.0. The Balaban J connectivity index is 1.73. The molecule has 0 radical (unpaired) electrons. The van der Waals surface area contributed by atoms with E-state index in [0.29, 0.717) is 34.1 Å². The van der Waals surface area contributed by atoms with Gasteiger partial charge in [0.05, 0.1) is 17.8 Å². The van der Waals surface area contributed by atoms with E-state index in [1.54, 1.807) is 14.0 Å². The quantitative estimate of drug-likeness (QED) is 0.673. The predicted molar refractivity (Wildman–Crippen MR) is 103 cm³/mol. The summed E-state index contributed by atoms with van der Waals surface area (Å²) in [7, 11) is 1.56. The molecule has 0 saturated carbocycles. The van der Waals surface area contributed by atoms with Crippen LogP contribution >= 0.6 is 11.3 Å². The maximum atomic E-state index is 13.4. The van der Waals surface area contributed by atoms with Gasteiger partial charge in [0.15, 0.2) is 0 Å². The molecule has 0 bridgehead atoms. The molecule has 0 aromatic carbocycles. The smallest absolute Gasteiger partial charge is 0.342 e. The van der Waals surface area contributed by atoms with Crippen LogP contribution in [0.3, 0.4) is 0 Å². The van der Waals surface area contributed by atoms with Crippen LogP contribution in [0.25, 0.3) is 10.6 Å². The van der Waals surface area contributed by atoms with Crippen LogP contribution in [0.2, 0.25) is 0 Å². The van der Waals surface area contributed by atoms with Crippen LogP contribution in [0.4, 0.5) is 22.6 Å². The molecular formula is C19H20F4N4O2S. The molecule has 2 amide bonds. The minimum Gasteiger partial charge on any atom is -0.342 e. The van der Waals surface area contributed by atoms with Gasteiger partial charge in [-0.2, -0.15) is 13.2 Å². The third kappa shape index (κ3) is 5.13. The van der Waals surface area contributed by atoms with Crippen molar-refractivity contribution in [1.82, 2.24) is 14.9 Å². The van der Waals surface area contributed by atoms with Crippen LogP contribution in [0.5, 0.6) is 0 Å². The Kier molecular flexibility index (Phi) is 6.39. The van der Waals surface area contributed by atoms with Crippen molar-refractivity contribution >= 4 is 28.2 Å². The van der Waals surface area contributed by atoms with Crippen LogP contribution in [0.15, 0.2) is 18.5 Å². The lowest BCUT2D eigenvalue weighted by Crippen LogP contribution is -2.46. The van der Waals surface area contributed by atoms with Crippen molar-refractivity contribution in [3.63, 3.8) is 0 Å². The Morgan fingerprint density at radius 3 is 2.73 bits per heavy atom. The molecule has 30 heavy (non-hydrogen) atoms. The highest BCUT2D eigenvalue weighted by molar-refractivity contribution is 7.19. The summed E-state index contributed by atoms with van der Waals surface area (Å²) in [6.07, 6.45) is -2.61. The molecule has 1 atom stereocenters. The monoisotopic (exact) mass is 444 g/mol. The van der Waals surface area contributed by atoms with E-state index in [4.69, 9.17) is 0 Å². The third-order valence-electron chi connectivity index (χ3n) is 4.83. The van der Waals surface area contributed by atoms with Crippen molar-refractivity contribution in [3.05, 3.63) is 30.0 Å². The van der Waals surface area contributed by atoms with Gasteiger partial charge in [0.25, 0.3) is 0 Å². The number of likely N-dealkylation sites (tertiary alicyclic amines) is 1. The van der Waals surface area contributed by atoms with Gasteiger partial charge in [-0.3, -0.25) is 14.6 Å². The number of hydrogen-bond acceptors (Lipinski definition) is 5. The van der Waals surface area contributed by atoms with Gasteiger partial charge in [-0.25, -0.2) is 9.37 Å². The average Bonchev–Trinajstić information content (AvgIpc) is 3.07. The SMILES string of the molecule is Cc1nc(-c2cncc(F)c2)sc1N(C)C(=O)C1CCCN(C(=O)CC(F)(F)F)C1. The number of thiazole rings is 1. The Hall–Kier alpha value is -2.56. The number of carbonyl (C=O) groups is 2. The lowest BCUT2D eigenvalue weighted by molar-refractivity contribution is -0.162. The number of piperidine rings is 1. The van der Waals surface area contributed by atoms with E-state index in [0.717, 1.165) is 11.1 Å². The molecule has 2 aromatic rings. The van der Waals surface area contributed by atoms with Gasteiger partial charge in [-0.15, -0.1) is 0 Å². The molecule has 1 saturated heterocycles. The normalized spacial score (nSPS) is 17.1. The Morgan fingerprint density at radius 1 is 1.33 bits per heavy atom. The molecule has 162 valence electrons. The van der Waals surface area contributed by atoms with Crippen molar-refractivity contribution in [3.8, 4) is 10.6 Å². The number of anilines is 1. The summed E-state index contributed by atoms with van der Waals surface area (Å²) in [6.45, 7) is 1.88. The Bertz CT molecular complexity index is 947. The van der Waals surface area contributed by atoms with Gasteiger partial charge in [0.2, 0.25) is 11.8 Å². The van der Waals surface area contributed by atoms with Crippen LogP contribution in [0, 0.1) is 18.7 Å². The molecule has 0 spiro atoms. The zero-order valence-corrected chi connectivity index (χ0v) is 17.2. The molecule has 0 aliphatic carbocycles. The highest BCUT2D eigenvalue weighted by atomic mass is 32.1. The first-order chi connectivity index (χ1) is 14.0. The molecule has 1 fully saturated rings. The summed E-state index contributed by atoms with van der Waals surface area (Å²) in [5, 5.41) is 1.05. The van der Waals surface area contributed by atoms with Crippen LogP contribution in [0.1, 0.15) is 25.0 Å². The largest absolute Gasteiger partial charge is 0.397 e. The van der Waals surface area contributed by atoms with Crippen molar-refractivity contribution in [2.24, 2.45) is 5.92 Å². The Morgan fingerprint density at radius 2 is 2.07 bits per heavy atom. The van der Waals surface area contributed by atoms with E-state index in [2.05, 4.69) is 9.97 Å². The second-order valence-corrected chi connectivity index (χ2v) is 8.15. The minimum atomic E-state index is -4.58. The zero-order valence-electron chi connectivity index (χ0n) is 16.4. The number of halogens is 4. The van der Waals surface area contributed by atoms with Crippen LogP contribution < -0.4 is 4.90 Å². The molecule has 1 aliphatic rings. The van der Waals surface area contributed by atoms with Crippen LogP contribution in [-0.2, 0) is 9.59 Å². The fourth-order valence-corrected chi connectivity index (χ4v) is 4.43. The van der Waals surface area contributed by atoms with Crippen LogP contribution in [-0.4, -0.2) is 53.0 Å². The van der Waals surface area contributed by atoms with Gasteiger partial charge in [-0.1, -0.05) is 11.3 Å². The first kappa shape index (κ1) is 22.1. The highest BCUT2D eigenvalue weighted by Crippen LogP contribution is 2.35. The highest BCUT2D eigenvalue weighted by Gasteiger charge is 2.37. The topological polar surface area (TPSA) is 66.4 Å². The molecule has 3 heterocycles. The molecule has 3 rings (SSSR count). The summed E-state index contributed by atoms with van der Waals surface area (Å²) in [5.41, 5.74) is 1.05. The van der Waals surface area contributed by atoms with E-state index >= 15 is 0 Å². The van der Waals surface area contributed by atoms with E-state index < -0.39 is 30.2 Å². The van der Waals surface area contributed by atoms with Crippen molar-refractivity contribution in [2.45, 2.75) is 32.4 Å². The molecule has 1 unspecified atom stereocenters. The fraction of sp³-hybridized carbons (Fsp3) is 0.474. The van der Waals surface area contributed by atoms with E-state index in [9.17, 15) is 27.2 Å². The lowest BCUT2D eigenvalue weighted by Gasteiger charge is -2.34.